The van der Waals surface area contributed by atoms with E-state index in [1.54, 1.807) is 6.92 Å². The fourth-order valence-electron chi connectivity index (χ4n) is 1.21. The molecule has 2 N–H and O–H groups in total. The molecule has 2 atom stereocenters. The molecule has 1 rings (SSSR count). The first-order valence-electron chi connectivity index (χ1n) is 3.63. The third kappa shape index (κ3) is 1.55. The monoisotopic (exact) mass is 143 g/mol. The first-order chi connectivity index (χ1) is 4.72. The van der Waals surface area contributed by atoms with Crippen molar-refractivity contribution in [2.75, 3.05) is 13.1 Å². The largest absolute Gasteiger partial charge is 0.393 e. The van der Waals surface area contributed by atoms with Crippen molar-refractivity contribution in [1.29, 1.82) is 0 Å². The number of ketones is 1. The van der Waals surface area contributed by atoms with Crippen molar-refractivity contribution in [3.05, 3.63) is 0 Å². The van der Waals surface area contributed by atoms with Crippen molar-refractivity contribution in [3.8, 4) is 0 Å². The van der Waals surface area contributed by atoms with Crippen molar-refractivity contribution < 1.29 is 9.90 Å². The van der Waals surface area contributed by atoms with Gasteiger partial charge in [-0.1, -0.05) is 0 Å². The zero-order valence-corrected chi connectivity index (χ0v) is 6.13. The highest BCUT2D eigenvalue weighted by Gasteiger charge is 2.25. The van der Waals surface area contributed by atoms with Crippen LogP contribution in [0.5, 0.6) is 0 Å². The molecule has 0 aromatic carbocycles. The summed E-state index contributed by atoms with van der Waals surface area (Å²) < 4.78 is 0. The summed E-state index contributed by atoms with van der Waals surface area (Å²) in [6.07, 6.45) is 0.0653. The molecule has 0 bridgehead atoms. The summed E-state index contributed by atoms with van der Waals surface area (Å²) in [5.41, 5.74) is 0. The molecule has 1 fully saturated rings. The second kappa shape index (κ2) is 3.12. The minimum absolute atomic E-state index is 0.172. The number of aliphatic hydroxyl groups is 1. The molecule has 1 heterocycles. The van der Waals surface area contributed by atoms with Gasteiger partial charge < -0.3 is 10.4 Å². The number of hydrogen-bond acceptors (Lipinski definition) is 3. The van der Waals surface area contributed by atoms with Gasteiger partial charge in [-0.25, -0.2) is 0 Å². The Kier molecular flexibility index (Phi) is 2.40. The van der Waals surface area contributed by atoms with Gasteiger partial charge in [0.2, 0.25) is 0 Å². The molecule has 0 spiro atoms. The smallest absolute Gasteiger partial charge is 0.141 e. The summed E-state index contributed by atoms with van der Waals surface area (Å²) in [5.74, 6) is 0.0162. The van der Waals surface area contributed by atoms with E-state index in [0.29, 0.717) is 13.0 Å². The second-order valence-electron chi connectivity index (χ2n) is 2.77. The van der Waals surface area contributed by atoms with E-state index in [0.717, 1.165) is 6.54 Å². The maximum Gasteiger partial charge on any atom is 0.141 e. The van der Waals surface area contributed by atoms with Crippen LogP contribution in [0.25, 0.3) is 0 Å². The van der Waals surface area contributed by atoms with Crippen LogP contribution < -0.4 is 5.32 Å². The first kappa shape index (κ1) is 7.69. The van der Waals surface area contributed by atoms with Gasteiger partial charge in [-0.15, -0.1) is 0 Å². The SMILES string of the molecule is CC(O)C1CNCCC1=O. The van der Waals surface area contributed by atoms with Crippen LogP contribution in [-0.2, 0) is 4.79 Å². The molecule has 1 aliphatic rings. The van der Waals surface area contributed by atoms with Gasteiger partial charge in [0.05, 0.1) is 12.0 Å². The Morgan fingerprint density at radius 2 is 2.50 bits per heavy atom. The fraction of sp³-hybridized carbons (Fsp3) is 0.857. The molecule has 0 amide bonds. The number of hydrogen-bond donors (Lipinski definition) is 2. The Bertz CT molecular complexity index is 134. The van der Waals surface area contributed by atoms with Crippen molar-refractivity contribution in [3.63, 3.8) is 0 Å². The van der Waals surface area contributed by atoms with Crippen LogP contribution in [0.15, 0.2) is 0 Å². The lowest BCUT2D eigenvalue weighted by Gasteiger charge is -2.23. The minimum atomic E-state index is -0.500. The molecule has 3 nitrogen and oxygen atoms in total. The molecule has 0 aliphatic carbocycles. The van der Waals surface area contributed by atoms with Gasteiger partial charge in [-0.3, -0.25) is 4.79 Å². The zero-order valence-electron chi connectivity index (χ0n) is 6.13. The molecule has 3 heteroatoms. The van der Waals surface area contributed by atoms with E-state index in [1.165, 1.54) is 0 Å². The predicted molar refractivity (Wildman–Crippen MR) is 37.7 cm³/mol. The van der Waals surface area contributed by atoms with Gasteiger partial charge in [-0.2, -0.15) is 0 Å². The Morgan fingerprint density at radius 1 is 1.80 bits per heavy atom. The predicted octanol–water partition coefficient (Wildman–Crippen LogP) is -0.454. The highest BCUT2D eigenvalue weighted by Crippen LogP contribution is 2.09. The van der Waals surface area contributed by atoms with Gasteiger partial charge in [0, 0.05) is 19.5 Å². The summed E-state index contributed by atoms with van der Waals surface area (Å²) >= 11 is 0. The van der Waals surface area contributed by atoms with Crippen LogP contribution in [0.3, 0.4) is 0 Å². The van der Waals surface area contributed by atoms with E-state index >= 15 is 0 Å². The highest BCUT2D eigenvalue weighted by molar-refractivity contribution is 5.82. The number of carbonyl (C=O) groups is 1. The number of aliphatic hydroxyl groups excluding tert-OH is 1. The minimum Gasteiger partial charge on any atom is -0.393 e. The van der Waals surface area contributed by atoms with E-state index < -0.39 is 6.10 Å². The van der Waals surface area contributed by atoms with Crippen LogP contribution in [0, 0.1) is 5.92 Å². The summed E-state index contributed by atoms with van der Waals surface area (Å²) in [6, 6.07) is 0. The van der Waals surface area contributed by atoms with E-state index in [2.05, 4.69) is 5.32 Å². The zero-order chi connectivity index (χ0) is 7.56. The molecule has 58 valence electrons. The van der Waals surface area contributed by atoms with Crippen molar-refractivity contribution in [1.82, 2.24) is 5.32 Å². The third-order valence-electron chi connectivity index (χ3n) is 1.91. The molecule has 0 radical (unpaired) electrons. The second-order valence-corrected chi connectivity index (χ2v) is 2.77. The summed E-state index contributed by atoms with van der Waals surface area (Å²) in [5, 5.41) is 12.2. The molecule has 0 aromatic rings. The van der Waals surface area contributed by atoms with Crippen molar-refractivity contribution in [2.24, 2.45) is 5.92 Å². The number of nitrogens with one attached hydrogen (secondary N) is 1. The number of piperidine rings is 1. The molecule has 1 aliphatic heterocycles. The number of rotatable bonds is 1. The van der Waals surface area contributed by atoms with Crippen molar-refractivity contribution in [2.45, 2.75) is 19.4 Å². The molecule has 10 heavy (non-hydrogen) atoms. The van der Waals surface area contributed by atoms with Crippen molar-refractivity contribution >= 4 is 5.78 Å². The van der Waals surface area contributed by atoms with Crippen LogP contribution in [0.2, 0.25) is 0 Å². The molecular formula is C7H13NO2. The topological polar surface area (TPSA) is 49.3 Å². The van der Waals surface area contributed by atoms with E-state index in [1.807, 2.05) is 0 Å². The Labute approximate surface area is 60.4 Å². The first-order valence-corrected chi connectivity index (χ1v) is 3.63. The highest BCUT2D eigenvalue weighted by atomic mass is 16.3. The quantitative estimate of drug-likeness (QED) is 0.522. The third-order valence-corrected chi connectivity index (χ3v) is 1.91. The lowest BCUT2D eigenvalue weighted by molar-refractivity contribution is -0.127. The molecule has 1 saturated heterocycles. The van der Waals surface area contributed by atoms with Crippen LogP contribution >= 0.6 is 0 Å². The normalized spacial score (nSPS) is 30.2. The number of carbonyl (C=O) groups excluding carboxylic acids is 1. The van der Waals surface area contributed by atoms with Gasteiger partial charge in [-0.05, 0) is 6.92 Å². The van der Waals surface area contributed by atoms with Gasteiger partial charge >= 0.3 is 0 Å². The van der Waals surface area contributed by atoms with Gasteiger partial charge in [0.25, 0.3) is 0 Å². The lowest BCUT2D eigenvalue weighted by atomic mass is 9.93. The molecule has 2 unspecified atom stereocenters. The van der Waals surface area contributed by atoms with Crippen LogP contribution in [0.1, 0.15) is 13.3 Å². The van der Waals surface area contributed by atoms with E-state index in [9.17, 15) is 4.79 Å². The molecule has 0 aromatic heterocycles. The van der Waals surface area contributed by atoms with Crippen LogP contribution in [-0.4, -0.2) is 30.1 Å². The maximum atomic E-state index is 11.0. The fourth-order valence-corrected chi connectivity index (χ4v) is 1.21. The average Bonchev–Trinajstić information content (AvgIpc) is 1.88. The maximum absolute atomic E-state index is 11.0. The van der Waals surface area contributed by atoms with Gasteiger partial charge in [0.1, 0.15) is 5.78 Å². The average molecular weight is 143 g/mol. The Balaban J connectivity index is 2.48. The van der Waals surface area contributed by atoms with E-state index in [4.69, 9.17) is 5.11 Å². The summed E-state index contributed by atoms with van der Waals surface area (Å²) in [6.45, 7) is 3.06. The van der Waals surface area contributed by atoms with E-state index in [-0.39, 0.29) is 11.7 Å². The summed E-state index contributed by atoms with van der Waals surface area (Å²) in [4.78, 5) is 11.0. The Hall–Kier alpha value is -0.410. The van der Waals surface area contributed by atoms with Gasteiger partial charge in [0.15, 0.2) is 0 Å². The summed E-state index contributed by atoms with van der Waals surface area (Å²) in [7, 11) is 0. The number of Topliss-reactive ketones (excluding diaryl/α,β-unsaturated/α-hetero) is 1. The molecule has 0 saturated carbocycles. The lowest BCUT2D eigenvalue weighted by Crippen LogP contribution is -2.42. The molecular weight excluding hydrogens is 130 g/mol. The Morgan fingerprint density at radius 3 is 2.90 bits per heavy atom. The van der Waals surface area contributed by atoms with Crippen LogP contribution in [0.4, 0.5) is 0 Å². The standard InChI is InChI=1S/C7H13NO2/c1-5(9)6-4-8-3-2-7(6)10/h5-6,8-9H,2-4H2,1H3.